The smallest absolute Gasteiger partial charge is 0.166 e. The monoisotopic (exact) mass is 464 g/mol. The molecule has 0 amide bonds. The van der Waals surface area contributed by atoms with E-state index in [-0.39, 0.29) is 5.82 Å². The van der Waals surface area contributed by atoms with Crippen LogP contribution >= 0.6 is 0 Å². The van der Waals surface area contributed by atoms with Crippen LogP contribution in [0.15, 0.2) is 60.7 Å². The zero-order valence-electron chi connectivity index (χ0n) is 19.8. The highest BCUT2D eigenvalue weighted by Gasteiger charge is 2.20. The molecule has 0 heterocycles. The molecule has 0 aliphatic heterocycles. The van der Waals surface area contributed by atoms with Crippen LogP contribution in [0.3, 0.4) is 0 Å². The van der Waals surface area contributed by atoms with Gasteiger partial charge in [0.25, 0.3) is 0 Å². The molecule has 1 unspecified atom stereocenters. The maximum Gasteiger partial charge on any atom is 0.166 e. The van der Waals surface area contributed by atoms with Crippen LogP contribution in [0.2, 0.25) is 0 Å². The van der Waals surface area contributed by atoms with Crippen molar-refractivity contribution in [1.82, 2.24) is 0 Å². The molecule has 34 heavy (non-hydrogen) atoms. The van der Waals surface area contributed by atoms with Crippen LogP contribution in [0.1, 0.15) is 54.9 Å². The van der Waals surface area contributed by atoms with Crippen LogP contribution in [0.5, 0.6) is 0 Å². The van der Waals surface area contributed by atoms with Gasteiger partial charge in [0.05, 0.1) is 6.61 Å². The second kappa shape index (κ2) is 11.1. The summed E-state index contributed by atoms with van der Waals surface area (Å²) in [4.78, 5) is 0. The Morgan fingerprint density at radius 1 is 0.912 bits per heavy atom. The van der Waals surface area contributed by atoms with Crippen molar-refractivity contribution in [1.29, 1.82) is 0 Å². The number of ether oxygens (including phenoxy) is 1. The molecule has 1 aliphatic carbocycles. The molecule has 0 radical (unpaired) electrons. The van der Waals surface area contributed by atoms with Crippen LogP contribution in [-0.4, -0.2) is 6.61 Å². The van der Waals surface area contributed by atoms with E-state index in [1.165, 1.54) is 0 Å². The summed E-state index contributed by atoms with van der Waals surface area (Å²) in [6, 6.07) is 16.1. The van der Waals surface area contributed by atoms with Crippen LogP contribution in [-0.2, 0) is 17.8 Å². The highest BCUT2D eigenvalue weighted by atomic mass is 19.2. The molecule has 4 rings (SSSR count). The number of benzene rings is 3. The lowest BCUT2D eigenvalue weighted by Crippen LogP contribution is -2.09. The summed E-state index contributed by atoms with van der Waals surface area (Å²) in [5.41, 5.74) is 4.97. The molecule has 1 atom stereocenters. The summed E-state index contributed by atoms with van der Waals surface area (Å²) in [6.07, 6.45) is 5.89. The average Bonchev–Trinajstić information content (AvgIpc) is 2.85. The fourth-order valence-electron chi connectivity index (χ4n) is 4.62. The van der Waals surface area contributed by atoms with Crippen molar-refractivity contribution >= 4 is 5.57 Å². The van der Waals surface area contributed by atoms with E-state index < -0.39 is 11.6 Å². The molecule has 4 heteroatoms. The average molecular weight is 465 g/mol. The summed E-state index contributed by atoms with van der Waals surface area (Å²) in [5, 5.41) is 0. The first kappa shape index (κ1) is 24.3. The molecule has 0 aromatic heterocycles. The predicted molar refractivity (Wildman–Crippen MR) is 132 cm³/mol. The summed E-state index contributed by atoms with van der Waals surface area (Å²) in [6.45, 7) is 4.89. The quantitative estimate of drug-likeness (QED) is 0.325. The van der Waals surface area contributed by atoms with Crippen LogP contribution in [0.4, 0.5) is 13.2 Å². The minimum atomic E-state index is -0.782. The molecule has 1 nitrogen and oxygen atoms in total. The first-order chi connectivity index (χ1) is 16.5. The van der Waals surface area contributed by atoms with Gasteiger partial charge in [-0.25, -0.2) is 13.2 Å². The van der Waals surface area contributed by atoms with Gasteiger partial charge in [-0.1, -0.05) is 60.2 Å². The van der Waals surface area contributed by atoms with Gasteiger partial charge in [0.2, 0.25) is 0 Å². The third-order valence-electron chi connectivity index (χ3n) is 6.72. The fourth-order valence-corrected chi connectivity index (χ4v) is 4.62. The van der Waals surface area contributed by atoms with Gasteiger partial charge in [0.15, 0.2) is 11.6 Å². The molecule has 0 bridgehead atoms. The molecule has 178 valence electrons. The second-order valence-corrected chi connectivity index (χ2v) is 9.13. The summed E-state index contributed by atoms with van der Waals surface area (Å²) in [5.74, 6) is -1.37. The SMILES string of the molecule is CCOCc1ccc(C2=CCC(CCc3ccc(-c4ccc(C)cc4)c(F)c3F)CC2)c(F)c1. The third kappa shape index (κ3) is 5.61. The molecule has 0 N–H and O–H groups in total. The van der Waals surface area contributed by atoms with Crippen molar-refractivity contribution in [2.45, 2.75) is 52.6 Å². The van der Waals surface area contributed by atoms with Crippen molar-refractivity contribution < 1.29 is 17.9 Å². The predicted octanol–water partition coefficient (Wildman–Crippen LogP) is 8.43. The van der Waals surface area contributed by atoms with Crippen LogP contribution in [0, 0.1) is 30.3 Å². The van der Waals surface area contributed by atoms with E-state index in [2.05, 4.69) is 6.08 Å². The largest absolute Gasteiger partial charge is 0.377 e. The van der Waals surface area contributed by atoms with Gasteiger partial charge in [0, 0.05) is 17.7 Å². The third-order valence-corrected chi connectivity index (χ3v) is 6.72. The van der Waals surface area contributed by atoms with E-state index in [1.807, 2.05) is 50.2 Å². The standard InChI is InChI=1S/C30H31F3O/c1-3-34-19-22-9-16-26(28(31)18-22)23-12-6-21(7-13-23)8-14-25-15-17-27(30(33)29(25)32)24-10-4-20(2)5-11-24/h4-5,9-12,15-18,21H,3,6-8,13-14,19H2,1-2H3. The number of hydrogen-bond acceptors (Lipinski definition) is 1. The van der Waals surface area contributed by atoms with Crippen LogP contribution < -0.4 is 0 Å². The van der Waals surface area contributed by atoms with Crippen molar-refractivity contribution in [3.8, 4) is 11.1 Å². The van der Waals surface area contributed by atoms with Gasteiger partial charge in [-0.05, 0) is 80.2 Å². The Morgan fingerprint density at radius 2 is 1.68 bits per heavy atom. The number of allylic oxidation sites excluding steroid dienone is 2. The highest BCUT2D eigenvalue weighted by Crippen LogP contribution is 2.34. The van der Waals surface area contributed by atoms with Crippen molar-refractivity contribution in [2.75, 3.05) is 6.61 Å². The molecule has 0 spiro atoms. The zero-order valence-corrected chi connectivity index (χ0v) is 19.8. The minimum absolute atomic E-state index is 0.215. The first-order valence-electron chi connectivity index (χ1n) is 12.1. The van der Waals surface area contributed by atoms with E-state index in [0.717, 1.165) is 42.4 Å². The Hall–Kier alpha value is -2.85. The lowest BCUT2D eigenvalue weighted by Gasteiger charge is -2.23. The Bertz CT molecular complexity index is 1160. The van der Waals surface area contributed by atoms with Crippen molar-refractivity contribution in [3.05, 3.63) is 100 Å². The Labute approximate surface area is 200 Å². The lowest BCUT2D eigenvalue weighted by atomic mass is 9.83. The van der Waals surface area contributed by atoms with E-state index in [9.17, 15) is 13.2 Å². The number of halogens is 3. The van der Waals surface area contributed by atoms with Gasteiger partial charge in [-0.2, -0.15) is 0 Å². The topological polar surface area (TPSA) is 9.23 Å². The second-order valence-electron chi connectivity index (χ2n) is 9.13. The summed E-state index contributed by atoms with van der Waals surface area (Å²) in [7, 11) is 0. The molecule has 0 fully saturated rings. The van der Waals surface area contributed by atoms with Gasteiger partial charge < -0.3 is 4.74 Å². The van der Waals surface area contributed by atoms with E-state index in [0.29, 0.717) is 47.8 Å². The van der Waals surface area contributed by atoms with Crippen molar-refractivity contribution in [2.24, 2.45) is 5.92 Å². The molecule has 0 saturated carbocycles. The Morgan fingerprint density at radius 3 is 2.35 bits per heavy atom. The van der Waals surface area contributed by atoms with Gasteiger partial charge in [0.1, 0.15) is 5.82 Å². The van der Waals surface area contributed by atoms with Gasteiger partial charge in [-0.3, -0.25) is 0 Å². The number of hydrogen-bond donors (Lipinski definition) is 0. The van der Waals surface area contributed by atoms with E-state index >= 15 is 0 Å². The van der Waals surface area contributed by atoms with Crippen molar-refractivity contribution in [3.63, 3.8) is 0 Å². The number of rotatable bonds is 8. The maximum atomic E-state index is 14.8. The summed E-state index contributed by atoms with van der Waals surface area (Å²) < 4.78 is 49.5. The maximum absolute atomic E-state index is 14.8. The Kier molecular flexibility index (Phi) is 7.89. The summed E-state index contributed by atoms with van der Waals surface area (Å²) >= 11 is 0. The van der Waals surface area contributed by atoms with Gasteiger partial charge in [-0.15, -0.1) is 0 Å². The lowest BCUT2D eigenvalue weighted by molar-refractivity contribution is 0.134. The van der Waals surface area contributed by atoms with Crippen LogP contribution in [0.25, 0.3) is 16.7 Å². The van der Waals surface area contributed by atoms with Gasteiger partial charge >= 0.3 is 0 Å². The molecule has 1 aliphatic rings. The first-order valence-corrected chi connectivity index (χ1v) is 12.1. The number of aryl methyl sites for hydroxylation is 2. The molecule has 0 saturated heterocycles. The molecular weight excluding hydrogens is 433 g/mol. The molecule has 3 aromatic carbocycles. The minimum Gasteiger partial charge on any atom is -0.377 e. The molecular formula is C30H31F3O. The fraction of sp³-hybridized carbons (Fsp3) is 0.333. The van der Waals surface area contributed by atoms with E-state index in [1.54, 1.807) is 18.2 Å². The Balaban J connectivity index is 1.37. The highest BCUT2D eigenvalue weighted by molar-refractivity contribution is 5.67. The van der Waals surface area contributed by atoms with E-state index in [4.69, 9.17) is 4.74 Å². The zero-order chi connectivity index (χ0) is 24.1. The molecule has 3 aromatic rings. The normalized spacial score (nSPS) is 15.9.